The number of esters is 1. The minimum Gasteiger partial charge on any atom is -0.460 e. The van der Waals surface area contributed by atoms with Crippen molar-refractivity contribution in [1.82, 2.24) is 4.98 Å². The van der Waals surface area contributed by atoms with Gasteiger partial charge in [0.25, 0.3) is 0 Å². The first kappa shape index (κ1) is 12.1. The van der Waals surface area contributed by atoms with Crippen molar-refractivity contribution in [2.75, 3.05) is 6.61 Å². The summed E-state index contributed by atoms with van der Waals surface area (Å²) >= 11 is 0. The van der Waals surface area contributed by atoms with Gasteiger partial charge >= 0.3 is 5.97 Å². The number of ether oxygens (including phenoxy) is 1. The van der Waals surface area contributed by atoms with Crippen molar-refractivity contribution in [1.29, 1.82) is 0 Å². The monoisotopic (exact) mass is 237 g/mol. The van der Waals surface area contributed by atoms with Crippen LogP contribution in [0.5, 0.6) is 0 Å². The largest absolute Gasteiger partial charge is 0.460 e. The zero-order valence-electron chi connectivity index (χ0n) is 10.9. The third-order valence-corrected chi connectivity index (χ3v) is 3.32. The standard InChI is InChI=1S/C13H19NO3/c1-5-9-10(12(15)16-6-2)17-11(14-9)8-7-13(8,3)4/h8H,5-7H2,1-4H3. The molecule has 17 heavy (non-hydrogen) atoms. The second-order valence-electron chi connectivity index (χ2n) is 5.15. The van der Waals surface area contributed by atoms with E-state index in [0.717, 1.165) is 6.42 Å². The summed E-state index contributed by atoms with van der Waals surface area (Å²) in [5.41, 5.74) is 0.961. The summed E-state index contributed by atoms with van der Waals surface area (Å²) in [5.74, 6) is 0.916. The fraction of sp³-hybridized carbons (Fsp3) is 0.692. The van der Waals surface area contributed by atoms with Gasteiger partial charge in [-0.1, -0.05) is 20.8 Å². The Labute approximate surface area is 101 Å². The number of carbonyl (C=O) groups excluding carboxylic acids is 1. The number of aryl methyl sites for hydroxylation is 1. The fourth-order valence-electron chi connectivity index (χ4n) is 2.00. The summed E-state index contributed by atoms with van der Waals surface area (Å²) in [4.78, 5) is 16.1. The van der Waals surface area contributed by atoms with Crippen LogP contribution in [0, 0.1) is 5.41 Å². The van der Waals surface area contributed by atoms with Crippen LogP contribution in [0.1, 0.15) is 62.2 Å². The zero-order valence-corrected chi connectivity index (χ0v) is 10.9. The van der Waals surface area contributed by atoms with Crippen molar-refractivity contribution in [2.45, 2.75) is 46.5 Å². The normalized spacial score (nSPS) is 21.3. The molecule has 1 aliphatic rings. The van der Waals surface area contributed by atoms with E-state index < -0.39 is 5.97 Å². The van der Waals surface area contributed by atoms with Gasteiger partial charge in [0, 0.05) is 5.92 Å². The van der Waals surface area contributed by atoms with E-state index in [1.807, 2.05) is 6.92 Å². The number of rotatable bonds is 4. The van der Waals surface area contributed by atoms with E-state index in [9.17, 15) is 4.79 Å². The first-order valence-corrected chi connectivity index (χ1v) is 6.16. The van der Waals surface area contributed by atoms with Gasteiger partial charge in [-0.3, -0.25) is 0 Å². The summed E-state index contributed by atoms with van der Waals surface area (Å²) in [6, 6.07) is 0. The Balaban J connectivity index is 2.24. The predicted molar refractivity (Wildman–Crippen MR) is 63.0 cm³/mol. The second-order valence-corrected chi connectivity index (χ2v) is 5.15. The molecule has 0 aromatic carbocycles. The predicted octanol–water partition coefficient (Wildman–Crippen LogP) is 2.93. The van der Waals surface area contributed by atoms with Crippen LogP contribution in [-0.4, -0.2) is 17.6 Å². The van der Waals surface area contributed by atoms with Crippen LogP contribution in [0.15, 0.2) is 4.42 Å². The number of hydrogen-bond acceptors (Lipinski definition) is 4. The average molecular weight is 237 g/mol. The number of aromatic nitrogens is 1. The smallest absolute Gasteiger partial charge is 0.376 e. The van der Waals surface area contributed by atoms with Crippen LogP contribution in [0.4, 0.5) is 0 Å². The van der Waals surface area contributed by atoms with Crippen LogP contribution >= 0.6 is 0 Å². The topological polar surface area (TPSA) is 52.3 Å². The van der Waals surface area contributed by atoms with Crippen LogP contribution < -0.4 is 0 Å². The highest BCUT2D eigenvalue weighted by Crippen LogP contribution is 2.58. The Bertz CT molecular complexity index is 434. The lowest BCUT2D eigenvalue weighted by atomic mass is 10.1. The highest BCUT2D eigenvalue weighted by Gasteiger charge is 2.50. The molecule has 0 N–H and O–H groups in total. The molecular weight excluding hydrogens is 218 g/mol. The van der Waals surface area contributed by atoms with E-state index in [-0.39, 0.29) is 11.2 Å². The lowest BCUT2D eigenvalue weighted by Gasteiger charge is -1.99. The molecule has 0 saturated heterocycles. The highest BCUT2D eigenvalue weighted by atomic mass is 16.5. The quantitative estimate of drug-likeness (QED) is 0.755. The summed E-state index contributed by atoms with van der Waals surface area (Å²) in [6.45, 7) is 8.45. The Kier molecular flexibility index (Phi) is 2.98. The van der Waals surface area contributed by atoms with Crippen LogP contribution in [-0.2, 0) is 11.2 Å². The molecule has 1 aromatic rings. The van der Waals surface area contributed by atoms with E-state index in [1.54, 1.807) is 6.92 Å². The van der Waals surface area contributed by atoms with Crippen LogP contribution in [0.2, 0.25) is 0 Å². The molecule has 4 nitrogen and oxygen atoms in total. The molecule has 2 rings (SSSR count). The van der Waals surface area contributed by atoms with Crippen LogP contribution in [0.25, 0.3) is 0 Å². The second kappa shape index (κ2) is 4.17. The van der Waals surface area contributed by atoms with Gasteiger partial charge in [-0.15, -0.1) is 0 Å². The number of hydrogen-bond donors (Lipinski definition) is 0. The maximum absolute atomic E-state index is 11.7. The average Bonchev–Trinajstić information content (AvgIpc) is 2.76. The molecule has 0 amide bonds. The summed E-state index contributed by atoms with van der Waals surface area (Å²) in [5, 5.41) is 0. The molecule has 1 fully saturated rings. The first-order chi connectivity index (χ1) is 7.99. The highest BCUT2D eigenvalue weighted by molar-refractivity contribution is 5.87. The number of nitrogens with zero attached hydrogens (tertiary/aromatic N) is 1. The van der Waals surface area contributed by atoms with Gasteiger partial charge in [0.05, 0.1) is 12.3 Å². The van der Waals surface area contributed by atoms with Crippen molar-refractivity contribution < 1.29 is 13.9 Å². The van der Waals surface area contributed by atoms with Crippen molar-refractivity contribution >= 4 is 5.97 Å². The van der Waals surface area contributed by atoms with Gasteiger partial charge in [0.15, 0.2) is 5.89 Å². The molecular formula is C13H19NO3. The number of oxazole rings is 1. The third-order valence-electron chi connectivity index (χ3n) is 3.32. The van der Waals surface area contributed by atoms with Gasteiger partial charge < -0.3 is 9.15 Å². The molecule has 1 saturated carbocycles. The fourth-order valence-corrected chi connectivity index (χ4v) is 2.00. The summed E-state index contributed by atoms with van der Waals surface area (Å²) in [6.07, 6.45) is 1.75. The van der Waals surface area contributed by atoms with Crippen LogP contribution in [0.3, 0.4) is 0 Å². The minimum absolute atomic E-state index is 0.252. The minimum atomic E-state index is -0.401. The van der Waals surface area contributed by atoms with Crippen molar-refractivity contribution in [2.24, 2.45) is 5.41 Å². The molecule has 0 radical (unpaired) electrons. The Hall–Kier alpha value is -1.32. The van der Waals surface area contributed by atoms with E-state index in [1.165, 1.54) is 0 Å². The Morgan fingerprint density at radius 1 is 1.53 bits per heavy atom. The molecule has 94 valence electrons. The molecule has 0 spiro atoms. The van der Waals surface area contributed by atoms with E-state index in [4.69, 9.17) is 9.15 Å². The van der Waals surface area contributed by atoms with E-state index in [2.05, 4.69) is 18.8 Å². The summed E-state index contributed by atoms with van der Waals surface area (Å²) < 4.78 is 10.6. The van der Waals surface area contributed by atoms with Crippen molar-refractivity contribution in [3.63, 3.8) is 0 Å². The molecule has 1 aromatic heterocycles. The van der Waals surface area contributed by atoms with Gasteiger partial charge in [-0.05, 0) is 25.2 Å². The van der Waals surface area contributed by atoms with Gasteiger partial charge in [-0.2, -0.15) is 0 Å². The van der Waals surface area contributed by atoms with E-state index in [0.29, 0.717) is 30.5 Å². The summed E-state index contributed by atoms with van der Waals surface area (Å²) in [7, 11) is 0. The van der Waals surface area contributed by atoms with Crippen molar-refractivity contribution in [3.8, 4) is 0 Å². The first-order valence-electron chi connectivity index (χ1n) is 6.16. The maximum Gasteiger partial charge on any atom is 0.376 e. The van der Waals surface area contributed by atoms with Gasteiger partial charge in [0.1, 0.15) is 0 Å². The molecule has 0 aliphatic heterocycles. The van der Waals surface area contributed by atoms with Crippen molar-refractivity contribution in [3.05, 3.63) is 17.3 Å². The Morgan fingerprint density at radius 2 is 2.18 bits per heavy atom. The lowest BCUT2D eigenvalue weighted by Crippen LogP contribution is -2.05. The lowest BCUT2D eigenvalue weighted by molar-refractivity contribution is 0.0486. The van der Waals surface area contributed by atoms with Gasteiger partial charge in [0.2, 0.25) is 5.76 Å². The SMILES string of the molecule is CCOC(=O)c1oc(C2CC2(C)C)nc1CC. The Morgan fingerprint density at radius 3 is 2.65 bits per heavy atom. The molecule has 1 atom stereocenters. The molecule has 1 heterocycles. The van der Waals surface area contributed by atoms with E-state index >= 15 is 0 Å². The van der Waals surface area contributed by atoms with Gasteiger partial charge in [-0.25, -0.2) is 9.78 Å². The zero-order chi connectivity index (χ0) is 12.6. The molecule has 4 heteroatoms. The molecule has 1 aliphatic carbocycles. The molecule has 0 bridgehead atoms. The number of carbonyl (C=O) groups is 1. The molecule has 1 unspecified atom stereocenters. The third kappa shape index (κ3) is 2.21. The maximum atomic E-state index is 11.7.